The van der Waals surface area contributed by atoms with E-state index in [4.69, 9.17) is 23.7 Å². The van der Waals surface area contributed by atoms with Gasteiger partial charge in [-0.2, -0.15) is 10.5 Å². The number of hydrogen-bond donors (Lipinski definition) is 0. The summed E-state index contributed by atoms with van der Waals surface area (Å²) in [6, 6.07) is 64.0. The third-order valence-electron chi connectivity index (χ3n) is 9.07. The zero-order valence-corrected chi connectivity index (χ0v) is 53.8. The molecular weight excluding hydrogens is 1430 g/mol. The highest BCUT2D eigenvalue weighted by molar-refractivity contribution is 14.1. The molecule has 8 nitrogen and oxygen atoms in total. The molecule has 8 rings (SSSR count). The summed E-state index contributed by atoms with van der Waals surface area (Å²) < 4.78 is 4.24. The molecule has 0 aliphatic heterocycles. The van der Waals surface area contributed by atoms with Gasteiger partial charge in [0.15, 0.2) is 31.8 Å². The van der Waals surface area contributed by atoms with Crippen molar-refractivity contribution in [2.24, 2.45) is 0 Å². The first kappa shape index (κ1) is 67.6. The summed E-state index contributed by atoms with van der Waals surface area (Å²) in [4.78, 5) is 53.7. The van der Waals surface area contributed by atoms with E-state index in [0.29, 0.717) is 22.5 Å². The Kier molecular flexibility index (Phi) is 32.8. The second-order valence-electron chi connectivity index (χ2n) is 15.3. The van der Waals surface area contributed by atoms with Gasteiger partial charge in [0.2, 0.25) is 0 Å². The SMILES string of the molecule is CC(=O)Sc1ccc(C#Cc2ccccc2C#N)cc1.CC(=O)Sc1ccc(I)cc1.CC(=O)Sc1ccc(I)cc1.N#Cc1ccccc1Br.[C-]#[N+]c1ccc(Br)cc1.[C-]#[N+]c1ccc(C#Cc2ccc(SC(C)=O)cc2)cc1. The van der Waals surface area contributed by atoms with E-state index in [1.165, 1.54) is 61.1 Å². The van der Waals surface area contributed by atoms with E-state index in [-0.39, 0.29) is 20.5 Å². The van der Waals surface area contributed by atoms with Gasteiger partial charge in [-0.3, -0.25) is 19.2 Å². The molecule has 8 aromatic rings. The standard InChI is InChI=1S/2C17H11NOS.2C8H7IOS.2C7H4BrN/c1-13(19)20-17-11-7-15(8-12-17)4-3-14-5-9-16(18-2)10-6-14;1-13(19)20-17-10-7-14(8-11-17)6-9-15-4-2-3-5-16(15)12-18;2*1-6(10)11-8-4-2-7(9)3-5-8;1-9-7-4-2-6(8)3-5-7;8-7-4-2-1-3-6(7)5-9/h5-12H,1H3;2-5,7-8,10-11H,1H3;2*2-5H,1H3;2-5H;1-4H. The van der Waals surface area contributed by atoms with Gasteiger partial charge < -0.3 is 0 Å². The van der Waals surface area contributed by atoms with E-state index in [0.717, 1.165) is 50.8 Å². The Morgan fingerprint density at radius 1 is 0.400 bits per heavy atom. The van der Waals surface area contributed by atoms with Gasteiger partial charge in [0, 0.05) is 85.6 Å². The molecule has 0 amide bonds. The summed E-state index contributed by atoms with van der Waals surface area (Å²) >= 11 is 15.9. The van der Waals surface area contributed by atoms with E-state index in [9.17, 15) is 19.2 Å². The van der Waals surface area contributed by atoms with Gasteiger partial charge >= 0.3 is 0 Å². The maximum absolute atomic E-state index is 11.0. The van der Waals surface area contributed by atoms with E-state index >= 15 is 0 Å². The van der Waals surface area contributed by atoms with E-state index in [1.54, 1.807) is 57.2 Å². The molecule has 396 valence electrons. The summed E-state index contributed by atoms with van der Waals surface area (Å²) in [6.45, 7) is 19.7. The fraction of sp³-hybridized carbons (Fsp3) is 0.0625. The third-order valence-corrected chi connectivity index (χ3v) is 14.9. The Balaban J connectivity index is 0.000000261. The first-order valence-corrected chi connectivity index (χ1v) is 30.1. The Labute approximate surface area is 529 Å². The van der Waals surface area contributed by atoms with Crippen molar-refractivity contribution in [2.75, 3.05) is 0 Å². The molecule has 0 aliphatic rings. The van der Waals surface area contributed by atoms with Crippen LogP contribution in [0.25, 0.3) is 9.69 Å². The number of carbonyl (C=O) groups excluding carboxylic acids is 4. The minimum atomic E-state index is 0.0618. The largest absolute Gasteiger partial charge is 0.287 e. The molecule has 0 bridgehead atoms. The van der Waals surface area contributed by atoms with Gasteiger partial charge in [0.25, 0.3) is 0 Å². The topological polar surface area (TPSA) is 125 Å². The number of benzene rings is 8. The van der Waals surface area contributed by atoms with Crippen molar-refractivity contribution in [3.8, 4) is 35.8 Å². The van der Waals surface area contributed by atoms with Crippen molar-refractivity contribution in [1.82, 2.24) is 0 Å². The summed E-state index contributed by atoms with van der Waals surface area (Å²) in [7, 11) is 0. The lowest BCUT2D eigenvalue weighted by Crippen LogP contribution is -1.83. The third kappa shape index (κ3) is 29.5. The van der Waals surface area contributed by atoms with Crippen LogP contribution in [0.3, 0.4) is 0 Å². The minimum absolute atomic E-state index is 0.0618. The van der Waals surface area contributed by atoms with Crippen LogP contribution in [0.5, 0.6) is 0 Å². The van der Waals surface area contributed by atoms with Crippen LogP contribution >= 0.6 is 124 Å². The van der Waals surface area contributed by atoms with E-state index < -0.39 is 0 Å². The van der Waals surface area contributed by atoms with Gasteiger partial charge in [-0.1, -0.05) is 159 Å². The van der Waals surface area contributed by atoms with Crippen molar-refractivity contribution in [3.63, 3.8) is 0 Å². The first-order valence-electron chi connectivity index (χ1n) is 23.1. The Morgan fingerprint density at radius 2 is 0.688 bits per heavy atom. The van der Waals surface area contributed by atoms with Crippen molar-refractivity contribution >= 4 is 156 Å². The van der Waals surface area contributed by atoms with Crippen LogP contribution in [0.1, 0.15) is 61.1 Å². The summed E-state index contributed by atoms with van der Waals surface area (Å²) in [5, 5.41) is 17.8. The van der Waals surface area contributed by atoms with Crippen LogP contribution in [0.4, 0.5) is 11.4 Å². The second kappa shape index (κ2) is 38.9. The highest BCUT2D eigenvalue weighted by Crippen LogP contribution is 2.23. The van der Waals surface area contributed by atoms with Gasteiger partial charge in [0.05, 0.1) is 24.3 Å². The molecule has 0 spiro atoms. The molecule has 80 heavy (non-hydrogen) atoms. The summed E-state index contributed by atoms with van der Waals surface area (Å²) in [5.41, 5.74) is 5.88. The number of nitrogens with zero attached hydrogens (tertiary/aromatic N) is 4. The molecule has 0 saturated heterocycles. The van der Waals surface area contributed by atoms with Gasteiger partial charge in [-0.05, 0) is 182 Å². The zero-order valence-electron chi connectivity index (χ0n) is 43.0. The second-order valence-corrected chi connectivity index (χ2v) is 24.6. The van der Waals surface area contributed by atoms with Crippen molar-refractivity contribution in [3.05, 3.63) is 266 Å². The molecule has 0 heterocycles. The average molecular weight is 1470 g/mol. The van der Waals surface area contributed by atoms with Gasteiger partial charge in [0.1, 0.15) is 12.1 Å². The number of nitriles is 2. The molecule has 0 atom stereocenters. The predicted molar refractivity (Wildman–Crippen MR) is 352 cm³/mol. The fourth-order valence-corrected chi connectivity index (χ4v) is 9.32. The van der Waals surface area contributed by atoms with E-state index in [2.05, 4.69) is 116 Å². The minimum Gasteiger partial charge on any atom is -0.287 e. The number of carbonyl (C=O) groups is 4. The molecule has 0 unspecified atom stereocenters. The lowest BCUT2D eigenvalue weighted by molar-refractivity contribution is -0.109. The van der Waals surface area contributed by atoms with Crippen molar-refractivity contribution < 1.29 is 19.2 Å². The van der Waals surface area contributed by atoms with Crippen molar-refractivity contribution in [2.45, 2.75) is 47.3 Å². The number of hydrogen-bond acceptors (Lipinski definition) is 10. The first-order chi connectivity index (χ1) is 38.4. The molecule has 0 aliphatic carbocycles. The van der Waals surface area contributed by atoms with Crippen LogP contribution in [0, 0.1) is 66.6 Å². The molecule has 0 aromatic heterocycles. The van der Waals surface area contributed by atoms with Crippen LogP contribution in [-0.4, -0.2) is 20.5 Å². The van der Waals surface area contributed by atoms with Crippen LogP contribution < -0.4 is 0 Å². The van der Waals surface area contributed by atoms with Crippen molar-refractivity contribution in [1.29, 1.82) is 10.5 Å². The number of thioether (sulfide) groups is 4. The normalized spacial score (nSPS) is 9.15. The highest BCUT2D eigenvalue weighted by atomic mass is 127. The molecule has 0 fully saturated rings. The molecule has 0 radical (unpaired) electrons. The maximum atomic E-state index is 11.0. The van der Waals surface area contributed by atoms with Gasteiger partial charge in [-0.15, -0.1) is 0 Å². The quantitative estimate of drug-likeness (QED) is 0.0728. The summed E-state index contributed by atoms with van der Waals surface area (Å²) in [6.07, 6.45) is 0. The molecular formula is C64H44Br2I2N4O4S4. The molecule has 8 aromatic carbocycles. The highest BCUT2D eigenvalue weighted by Gasteiger charge is 2.02. The van der Waals surface area contributed by atoms with E-state index in [1.807, 2.05) is 164 Å². The Morgan fingerprint density at radius 3 is 1.00 bits per heavy atom. The molecule has 0 saturated carbocycles. The monoisotopic (exact) mass is 1470 g/mol. The van der Waals surface area contributed by atoms with Crippen LogP contribution in [0.15, 0.2) is 223 Å². The molecule has 16 heteroatoms. The Hall–Kier alpha value is -6.66. The maximum Gasteiger partial charge on any atom is 0.190 e. The van der Waals surface area contributed by atoms with Gasteiger partial charge in [-0.25, -0.2) is 9.69 Å². The predicted octanol–water partition coefficient (Wildman–Crippen LogP) is 19.1. The van der Waals surface area contributed by atoms with Crippen LogP contribution in [0.2, 0.25) is 0 Å². The molecule has 0 N–H and O–H groups in total. The zero-order chi connectivity index (χ0) is 58.7. The smallest absolute Gasteiger partial charge is 0.190 e. The van der Waals surface area contributed by atoms with Crippen LogP contribution in [-0.2, 0) is 19.2 Å². The summed E-state index contributed by atoms with van der Waals surface area (Å²) in [5.74, 6) is 12.1. The number of halogens is 4. The fourth-order valence-electron chi connectivity index (χ4n) is 5.54. The average Bonchev–Trinajstić information content (AvgIpc) is 3.45. The lowest BCUT2D eigenvalue weighted by Gasteiger charge is -1.97. The number of rotatable bonds is 4. The Bertz CT molecular complexity index is 3590. The lowest BCUT2D eigenvalue weighted by atomic mass is 10.1.